The summed E-state index contributed by atoms with van der Waals surface area (Å²) in [6, 6.07) is 13.2. The Labute approximate surface area is 146 Å². The third-order valence-corrected chi connectivity index (χ3v) is 4.71. The second kappa shape index (κ2) is 6.52. The Kier molecular flexibility index (Phi) is 4.45. The summed E-state index contributed by atoms with van der Waals surface area (Å²) in [6.45, 7) is 1.89. The number of rotatable bonds is 3. The van der Waals surface area contributed by atoms with E-state index in [9.17, 15) is 9.90 Å². The van der Waals surface area contributed by atoms with Crippen LogP contribution < -0.4 is 5.32 Å². The standard InChI is InChI=1S/C17H13BrN2O2S/c1-10-7-12(18)15(21)13(8-10)19-16(22)14-9-23-17(20-14)11-5-3-2-4-6-11/h2-9,21H,1H3,(H,19,22). The number of aryl methyl sites for hydroxylation is 1. The van der Waals surface area contributed by atoms with Gasteiger partial charge in [-0.3, -0.25) is 4.79 Å². The number of carbonyl (C=O) groups is 1. The largest absolute Gasteiger partial charge is 0.505 e. The zero-order chi connectivity index (χ0) is 16.4. The van der Waals surface area contributed by atoms with Crippen LogP contribution >= 0.6 is 27.3 Å². The third kappa shape index (κ3) is 3.43. The van der Waals surface area contributed by atoms with E-state index < -0.39 is 0 Å². The minimum absolute atomic E-state index is 0.00228. The second-order valence-electron chi connectivity index (χ2n) is 5.00. The second-order valence-corrected chi connectivity index (χ2v) is 6.71. The number of thiazole rings is 1. The SMILES string of the molecule is Cc1cc(Br)c(O)c(NC(=O)c2csc(-c3ccccc3)n2)c1. The lowest BCUT2D eigenvalue weighted by Gasteiger charge is -2.08. The van der Waals surface area contributed by atoms with Gasteiger partial charge in [0.15, 0.2) is 5.75 Å². The highest BCUT2D eigenvalue weighted by atomic mass is 79.9. The predicted octanol–water partition coefficient (Wildman–Crippen LogP) is 4.84. The van der Waals surface area contributed by atoms with Crippen LogP contribution in [0.25, 0.3) is 10.6 Å². The molecule has 0 aliphatic carbocycles. The Morgan fingerprint density at radius 1 is 1.26 bits per heavy atom. The topological polar surface area (TPSA) is 62.2 Å². The molecule has 1 aromatic heterocycles. The Balaban J connectivity index is 1.84. The Morgan fingerprint density at radius 3 is 2.74 bits per heavy atom. The summed E-state index contributed by atoms with van der Waals surface area (Å²) in [6.07, 6.45) is 0. The third-order valence-electron chi connectivity index (χ3n) is 3.21. The monoisotopic (exact) mass is 388 g/mol. The number of halogens is 1. The molecule has 0 atom stereocenters. The molecule has 2 aromatic carbocycles. The molecule has 0 unspecified atom stereocenters. The number of phenolic OH excluding ortho intramolecular Hbond substituents is 1. The number of phenols is 1. The van der Waals surface area contributed by atoms with E-state index in [0.29, 0.717) is 15.9 Å². The van der Waals surface area contributed by atoms with E-state index in [0.717, 1.165) is 16.1 Å². The van der Waals surface area contributed by atoms with Crippen LogP contribution in [-0.2, 0) is 0 Å². The molecular weight excluding hydrogens is 376 g/mol. The normalized spacial score (nSPS) is 10.5. The smallest absolute Gasteiger partial charge is 0.275 e. The van der Waals surface area contributed by atoms with Crippen molar-refractivity contribution in [3.05, 3.63) is 63.6 Å². The van der Waals surface area contributed by atoms with Crippen LogP contribution in [0.5, 0.6) is 5.75 Å². The maximum atomic E-state index is 12.3. The molecule has 4 nitrogen and oxygen atoms in total. The number of aromatic nitrogens is 1. The Hall–Kier alpha value is -2.18. The van der Waals surface area contributed by atoms with Crippen molar-refractivity contribution >= 4 is 38.9 Å². The van der Waals surface area contributed by atoms with Gasteiger partial charge in [0, 0.05) is 10.9 Å². The summed E-state index contributed by atoms with van der Waals surface area (Å²) in [5, 5.41) is 15.2. The van der Waals surface area contributed by atoms with Crippen LogP contribution in [-0.4, -0.2) is 16.0 Å². The van der Waals surface area contributed by atoms with Crippen LogP contribution in [0.15, 0.2) is 52.3 Å². The number of carbonyl (C=O) groups excluding carboxylic acids is 1. The maximum absolute atomic E-state index is 12.3. The summed E-state index contributed by atoms with van der Waals surface area (Å²) < 4.78 is 0.538. The number of hydrogen-bond donors (Lipinski definition) is 2. The van der Waals surface area contributed by atoms with Gasteiger partial charge < -0.3 is 10.4 Å². The van der Waals surface area contributed by atoms with E-state index in [1.165, 1.54) is 11.3 Å². The van der Waals surface area contributed by atoms with E-state index >= 15 is 0 Å². The molecule has 3 aromatic rings. The van der Waals surface area contributed by atoms with Crippen LogP contribution in [0, 0.1) is 6.92 Å². The summed E-state index contributed by atoms with van der Waals surface area (Å²) in [4.78, 5) is 16.7. The van der Waals surface area contributed by atoms with Gasteiger partial charge in [0.1, 0.15) is 10.7 Å². The highest BCUT2D eigenvalue weighted by molar-refractivity contribution is 9.10. The van der Waals surface area contributed by atoms with E-state index in [2.05, 4.69) is 26.2 Å². The molecule has 0 fully saturated rings. The molecule has 0 saturated heterocycles. The van der Waals surface area contributed by atoms with Crippen LogP contribution in [0.3, 0.4) is 0 Å². The summed E-state index contributed by atoms with van der Waals surface area (Å²) in [5.41, 5.74) is 2.58. The van der Waals surface area contributed by atoms with Gasteiger partial charge in [0.05, 0.1) is 10.2 Å². The van der Waals surface area contributed by atoms with Gasteiger partial charge in [0.2, 0.25) is 0 Å². The predicted molar refractivity (Wildman–Crippen MR) is 96.0 cm³/mol. The number of amides is 1. The lowest BCUT2D eigenvalue weighted by atomic mass is 10.2. The molecule has 116 valence electrons. The first-order chi connectivity index (χ1) is 11.0. The summed E-state index contributed by atoms with van der Waals surface area (Å²) in [7, 11) is 0. The zero-order valence-corrected chi connectivity index (χ0v) is 14.6. The van der Waals surface area contributed by atoms with Crippen molar-refractivity contribution in [1.82, 2.24) is 4.98 Å². The molecule has 1 heterocycles. The van der Waals surface area contributed by atoms with Crippen molar-refractivity contribution in [3.8, 4) is 16.3 Å². The van der Waals surface area contributed by atoms with Crippen molar-refractivity contribution in [2.24, 2.45) is 0 Å². The first-order valence-corrected chi connectivity index (χ1v) is 8.53. The fourth-order valence-corrected chi connectivity index (χ4v) is 3.49. The highest BCUT2D eigenvalue weighted by Gasteiger charge is 2.15. The summed E-state index contributed by atoms with van der Waals surface area (Å²) in [5.74, 6) is -0.348. The quantitative estimate of drug-likeness (QED) is 0.631. The maximum Gasteiger partial charge on any atom is 0.275 e. The number of benzene rings is 2. The fraction of sp³-hybridized carbons (Fsp3) is 0.0588. The lowest BCUT2D eigenvalue weighted by Crippen LogP contribution is -2.12. The van der Waals surface area contributed by atoms with Crippen LogP contribution in [0.4, 0.5) is 5.69 Å². The molecule has 0 saturated carbocycles. The van der Waals surface area contributed by atoms with Gasteiger partial charge in [-0.15, -0.1) is 11.3 Å². The molecule has 0 bridgehead atoms. The van der Waals surface area contributed by atoms with Crippen molar-refractivity contribution in [3.63, 3.8) is 0 Å². The number of anilines is 1. The molecule has 0 aliphatic heterocycles. The zero-order valence-electron chi connectivity index (χ0n) is 12.2. The first-order valence-electron chi connectivity index (χ1n) is 6.86. The Bertz CT molecular complexity index is 862. The van der Waals surface area contributed by atoms with Gasteiger partial charge in [-0.1, -0.05) is 30.3 Å². The molecule has 6 heteroatoms. The molecule has 0 aliphatic rings. The van der Waals surface area contributed by atoms with Gasteiger partial charge in [-0.25, -0.2) is 4.98 Å². The van der Waals surface area contributed by atoms with Gasteiger partial charge in [-0.2, -0.15) is 0 Å². The van der Waals surface area contributed by atoms with E-state index in [-0.39, 0.29) is 11.7 Å². The first kappa shape index (κ1) is 15.7. The minimum Gasteiger partial charge on any atom is -0.505 e. The average molecular weight is 389 g/mol. The number of hydrogen-bond acceptors (Lipinski definition) is 4. The lowest BCUT2D eigenvalue weighted by molar-refractivity contribution is 0.102. The molecule has 3 rings (SSSR count). The minimum atomic E-state index is -0.351. The summed E-state index contributed by atoms with van der Waals surface area (Å²) >= 11 is 4.67. The number of nitrogens with zero attached hydrogens (tertiary/aromatic N) is 1. The van der Waals surface area contributed by atoms with E-state index in [1.807, 2.05) is 37.3 Å². The Morgan fingerprint density at radius 2 is 2.00 bits per heavy atom. The molecular formula is C17H13BrN2O2S. The molecule has 23 heavy (non-hydrogen) atoms. The van der Waals surface area contributed by atoms with Gasteiger partial charge in [0.25, 0.3) is 5.91 Å². The van der Waals surface area contributed by atoms with Crippen LogP contribution in [0.2, 0.25) is 0 Å². The fourth-order valence-electron chi connectivity index (χ4n) is 2.11. The number of aromatic hydroxyl groups is 1. The van der Waals surface area contributed by atoms with Crippen molar-refractivity contribution in [2.75, 3.05) is 5.32 Å². The van der Waals surface area contributed by atoms with Crippen LogP contribution in [0.1, 0.15) is 16.1 Å². The highest BCUT2D eigenvalue weighted by Crippen LogP contribution is 2.33. The van der Waals surface area contributed by atoms with Crippen molar-refractivity contribution in [2.45, 2.75) is 6.92 Å². The number of nitrogens with one attached hydrogen (secondary N) is 1. The van der Waals surface area contributed by atoms with Gasteiger partial charge >= 0.3 is 0 Å². The van der Waals surface area contributed by atoms with Crippen molar-refractivity contribution in [1.29, 1.82) is 0 Å². The van der Waals surface area contributed by atoms with E-state index in [1.54, 1.807) is 17.5 Å². The average Bonchev–Trinajstić information content (AvgIpc) is 3.03. The molecule has 0 spiro atoms. The molecule has 1 amide bonds. The van der Waals surface area contributed by atoms with Crippen molar-refractivity contribution < 1.29 is 9.90 Å². The van der Waals surface area contributed by atoms with Gasteiger partial charge in [-0.05, 0) is 40.5 Å². The molecule has 2 N–H and O–H groups in total. The molecule has 0 radical (unpaired) electrons. The van der Waals surface area contributed by atoms with E-state index in [4.69, 9.17) is 0 Å².